The van der Waals surface area contributed by atoms with Gasteiger partial charge in [-0.15, -0.1) is 11.6 Å². The predicted octanol–water partition coefficient (Wildman–Crippen LogP) is 2.31. The minimum atomic E-state index is -0.248. The number of rotatable bonds is 0. The molecule has 0 aromatic rings. The van der Waals surface area contributed by atoms with E-state index < -0.39 is 0 Å². The van der Waals surface area contributed by atoms with Gasteiger partial charge in [-0.05, 0) is 12.8 Å². The molecule has 0 spiro atoms. The highest BCUT2D eigenvalue weighted by molar-refractivity contribution is 6.21. The second-order valence-corrected chi connectivity index (χ2v) is 3.64. The molecule has 1 aliphatic rings. The second-order valence-electron chi connectivity index (χ2n) is 3.07. The van der Waals surface area contributed by atoms with Gasteiger partial charge in [0.05, 0.1) is 11.5 Å². The van der Waals surface area contributed by atoms with Crippen LogP contribution in [-0.4, -0.2) is 16.6 Å². The Balaban J connectivity index is 2.28. The van der Waals surface area contributed by atoms with Crippen molar-refractivity contribution in [3.63, 3.8) is 0 Å². The van der Waals surface area contributed by atoms with Crippen LogP contribution < -0.4 is 0 Å². The van der Waals surface area contributed by atoms with Gasteiger partial charge < -0.3 is 5.11 Å². The van der Waals surface area contributed by atoms with Crippen molar-refractivity contribution in [3.05, 3.63) is 0 Å². The average molecular weight is 163 g/mol. The highest BCUT2D eigenvalue weighted by atomic mass is 35.5. The highest BCUT2D eigenvalue weighted by Gasteiger charge is 2.17. The van der Waals surface area contributed by atoms with Gasteiger partial charge in [0.2, 0.25) is 0 Å². The third kappa shape index (κ3) is 2.47. The van der Waals surface area contributed by atoms with Crippen LogP contribution in [0.25, 0.3) is 0 Å². The van der Waals surface area contributed by atoms with E-state index in [0.29, 0.717) is 0 Å². The van der Waals surface area contributed by atoms with Crippen LogP contribution in [-0.2, 0) is 0 Å². The fourth-order valence-electron chi connectivity index (χ4n) is 1.42. The molecule has 1 fully saturated rings. The lowest BCUT2D eigenvalue weighted by atomic mass is 9.98. The largest absolute Gasteiger partial charge is 0.392 e. The molecular weight excluding hydrogens is 148 g/mol. The number of halogens is 1. The summed E-state index contributed by atoms with van der Waals surface area (Å²) < 4.78 is 0. The summed E-state index contributed by atoms with van der Waals surface area (Å²) in [5.41, 5.74) is 0. The molecule has 1 nitrogen and oxygen atoms in total. The van der Waals surface area contributed by atoms with Crippen molar-refractivity contribution in [1.29, 1.82) is 0 Å². The van der Waals surface area contributed by atoms with Gasteiger partial charge in [0.15, 0.2) is 0 Å². The first-order chi connectivity index (χ1) is 4.80. The maximum absolute atomic E-state index is 9.35. The fourth-order valence-corrected chi connectivity index (χ4v) is 1.70. The summed E-state index contributed by atoms with van der Waals surface area (Å²) in [7, 11) is 0. The maximum atomic E-state index is 9.35. The molecule has 2 heteroatoms. The minimum Gasteiger partial charge on any atom is -0.392 e. The van der Waals surface area contributed by atoms with Crippen LogP contribution in [0.15, 0.2) is 0 Å². The monoisotopic (exact) mass is 162 g/mol. The van der Waals surface area contributed by atoms with E-state index in [-0.39, 0.29) is 11.5 Å². The summed E-state index contributed by atoms with van der Waals surface area (Å²) in [5, 5.41) is 9.36. The molecule has 60 valence electrons. The molecule has 1 N–H and O–H groups in total. The summed E-state index contributed by atoms with van der Waals surface area (Å²) >= 11 is 5.89. The molecule has 1 rings (SSSR count). The zero-order valence-electron chi connectivity index (χ0n) is 6.22. The average Bonchev–Trinajstić information content (AvgIpc) is 1.92. The molecular formula is C8H15ClO. The molecule has 1 aliphatic carbocycles. The molecule has 0 aliphatic heterocycles. The van der Waals surface area contributed by atoms with Gasteiger partial charge in [0.1, 0.15) is 0 Å². The first-order valence-electron chi connectivity index (χ1n) is 4.13. The molecule has 0 aromatic heterocycles. The molecule has 2 atom stereocenters. The third-order valence-corrected chi connectivity index (χ3v) is 2.66. The third-order valence-electron chi connectivity index (χ3n) is 2.15. The van der Waals surface area contributed by atoms with Crippen LogP contribution in [0.4, 0.5) is 0 Å². The number of aliphatic hydroxyl groups excluding tert-OH is 1. The zero-order chi connectivity index (χ0) is 7.40. The smallest absolute Gasteiger partial charge is 0.0703 e. The van der Waals surface area contributed by atoms with Crippen molar-refractivity contribution < 1.29 is 5.11 Å². The molecule has 0 heterocycles. The molecule has 2 unspecified atom stereocenters. The van der Waals surface area contributed by atoms with E-state index in [9.17, 15) is 5.11 Å². The van der Waals surface area contributed by atoms with Crippen molar-refractivity contribution in [2.75, 3.05) is 0 Å². The van der Waals surface area contributed by atoms with Gasteiger partial charge in [0.25, 0.3) is 0 Å². The lowest BCUT2D eigenvalue weighted by molar-refractivity contribution is 0.145. The maximum Gasteiger partial charge on any atom is 0.0703 e. The Morgan fingerprint density at radius 3 is 2.30 bits per heavy atom. The van der Waals surface area contributed by atoms with Gasteiger partial charge in [-0.2, -0.15) is 0 Å². The Morgan fingerprint density at radius 2 is 1.60 bits per heavy atom. The van der Waals surface area contributed by atoms with Crippen LogP contribution in [0, 0.1) is 0 Å². The normalized spacial score (nSPS) is 36.6. The second kappa shape index (κ2) is 4.20. The molecule has 10 heavy (non-hydrogen) atoms. The number of hydrogen-bond donors (Lipinski definition) is 1. The molecule has 0 radical (unpaired) electrons. The summed E-state index contributed by atoms with van der Waals surface area (Å²) in [6.07, 6.45) is 6.52. The van der Waals surface area contributed by atoms with Crippen LogP contribution in [0.1, 0.15) is 38.5 Å². The van der Waals surface area contributed by atoms with Crippen molar-refractivity contribution in [1.82, 2.24) is 0 Å². The zero-order valence-corrected chi connectivity index (χ0v) is 6.98. The van der Waals surface area contributed by atoms with E-state index in [1.807, 2.05) is 0 Å². The molecule has 0 amide bonds. The molecule has 0 aromatic carbocycles. The Hall–Kier alpha value is 0.250. The van der Waals surface area contributed by atoms with E-state index in [1.54, 1.807) is 0 Å². The highest BCUT2D eigenvalue weighted by Crippen LogP contribution is 2.21. The van der Waals surface area contributed by atoms with Crippen molar-refractivity contribution in [2.24, 2.45) is 0 Å². The summed E-state index contributed by atoms with van der Waals surface area (Å²) in [5.74, 6) is 0. The molecule has 0 saturated heterocycles. The van der Waals surface area contributed by atoms with E-state index >= 15 is 0 Å². The van der Waals surface area contributed by atoms with Crippen molar-refractivity contribution >= 4 is 11.6 Å². The standard InChI is InChI=1S/C8H15ClO/c9-7-5-3-1-2-4-6-8(7)10/h7-8,10H,1-6H2. The lowest BCUT2D eigenvalue weighted by Gasteiger charge is -2.19. The number of aliphatic hydroxyl groups is 1. The SMILES string of the molecule is OC1CCCCCCC1Cl. The van der Waals surface area contributed by atoms with Gasteiger partial charge >= 0.3 is 0 Å². The first-order valence-corrected chi connectivity index (χ1v) is 4.56. The van der Waals surface area contributed by atoms with E-state index in [1.165, 1.54) is 19.3 Å². The van der Waals surface area contributed by atoms with Crippen LogP contribution in [0.5, 0.6) is 0 Å². The van der Waals surface area contributed by atoms with Gasteiger partial charge in [-0.1, -0.05) is 25.7 Å². The Labute approximate surface area is 67.4 Å². The summed E-state index contributed by atoms with van der Waals surface area (Å²) in [4.78, 5) is 0. The quantitative estimate of drug-likeness (QED) is 0.542. The van der Waals surface area contributed by atoms with E-state index in [2.05, 4.69) is 0 Å². The van der Waals surface area contributed by atoms with Crippen LogP contribution >= 0.6 is 11.6 Å². The summed E-state index contributed by atoms with van der Waals surface area (Å²) in [6.45, 7) is 0. The molecule has 1 saturated carbocycles. The molecule has 0 bridgehead atoms. The van der Waals surface area contributed by atoms with Gasteiger partial charge in [-0.3, -0.25) is 0 Å². The lowest BCUT2D eigenvalue weighted by Crippen LogP contribution is -2.21. The summed E-state index contributed by atoms with van der Waals surface area (Å²) in [6, 6.07) is 0. The van der Waals surface area contributed by atoms with Gasteiger partial charge in [-0.25, -0.2) is 0 Å². The minimum absolute atomic E-state index is 0.0142. The predicted molar refractivity (Wildman–Crippen MR) is 43.3 cm³/mol. The van der Waals surface area contributed by atoms with E-state index in [0.717, 1.165) is 19.3 Å². The van der Waals surface area contributed by atoms with Crippen LogP contribution in [0.2, 0.25) is 0 Å². The Kier molecular flexibility index (Phi) is 3.50. The van der Waals surface area contributed by atoms with Gasteiger partial charge in [0, 0.05) is 0 Å². The van der Waals surface area contributed by atoms with Crippen LogP contribution in [0.3, 0.4) is 0 Å². The first kappa shape index (κ1) is 8.35. The number of hydrogen-bond acceptors (Lipinski definition) is 1. The number of alkyl halides is 1. The topological polar surface area (TPSA) is 20.2 Å². The van der Waals surface area contributed by atoms with E-state index in [4.69, 9.17) is 11.6 Å². The fraction of sp³-hybridized carbons (Fsp3) is 1.00. The Bertz CT molecular complexity index is 83.3. The Morgan fingerprint density at radius 1 is 1.00 bits per heavy atom. The van der Waals surface area contributed by atoms with Crippen molar-refractivity contribution in [2.45, 2.75) is 50.0 Å². The van der Waals surface area contributed by atoms with Crippen molar-refractivity contribution in [3.8, 4) is 0 Å².